The van der Waals surface area contributed by atoms with E-state index >= 15 is 0 Å². The van der Waals surface area contributed by atoms with E-state index in [0.29, 0.717) is 5.69 Å². The molecule has 1 aromatic heterocycles. The molecule has 0 amide bonds. The van der Waals surface area contributed by atoms with Crippen LogP contribution in [0.4, 0.5) is 0 Å². The molecule has 0 radical (unpaired) electrons. The molecular weight excluding hydrogens is 226 g/mol. The van der Waals surface area contributed by atoms with Gasteiger partial charge in [0.15, 0.2) is 6.29 Å². The average molecular weight is 241 g/mol. The van der Waals surface area contributed by atoms with Gasteiger partial charge < -0.3 is 9.30 Å². The van der Waals surface area contributed by atoms with Gasteiger partial charge in [-0.25, -0.2) is 0 Å². The molecule has 18 heavy (non-hydrogen) atoms. The lowest BCUT2D eigenvalue weighted by atomic mass is 9.91. The highest BCUT2D eigenvalue weighted by molar-refractivity contribution is 5.81. The number of carbonyl (C=O) groups is 1. The third-order valence-electron chi connectivity index (χ3n) is 3.55. The predicted molar refractivity (Wildman–Crippen MR) is 69.9 cm³/mol. The molecule has 1 aromatic carbocycles. The summed E-state index contributed by atoms with van der Waals surface area (Å²) in [5.41, 5.74) is 3.44. The predicted octanol–water partition coefficient (Wildman–Crippen LogP) is 3.13. The second-order valence-corrected chi connectivity index (χ2v) is 5.12. The van der Waals surface area contributed by atoms with E-state index in [9.17, 15) is 4.79 Å². The fraction of sp³-hybridized carbons (Fsp3) is 0.267. The number of aldehydes is 1. The van der Waals surface area contributed by atoms with E-state index in [2.05, 4.69) is 0 Å². The zero-order valence-electron chi connectivity index (χ0n) is 10.7. The lowest BCUT2D eigenvalue weighted by molar-refractivity contribution is 0.105. The third kappa shape index (κ3) is 1.33. The molecule has 2 heterocycles. The van der Waals surface area contributed by atoms with Gasteiger partial charge in [-0.2, -0.15) is 0 Å². The molecule has 3 nitrogen and oxygen atoms in total. The summed E-state index contributed by atoms with van der Waals surface area (Å²) in [6.07, 6.45) is 0.886. The summed E-state index contributed by atoms with van der Waals surface area (Å²) in [5.74, 6) is 0.869. The van der Waals surface area contributed by atoms with Crippen molar-refractivity contribution >= 4 is 6.29 Å². The Morgan fingerprint density at radius 2 is 2.00 bits per heavy atom. The van der Waals surface area contributed by atoms with Gasteiger partial charge in [-0.3, -0.25) is 4.79 Å². The SMILES string of the molecule is Cn1c(C=O)cc2c1-c1ccccc1OC2(C)C. The van der Waals surface area contributed by atoms with E-state index in [4.69, 9.17) is 4.74 Å². The highest BCUT2D eigenvalue weighted by atomic mass is 16.5. The van der Waals surface area contributed by atoms with Crippen LogP contribution >= 0.6 is 0 Å². The van der Waals surface area contributed by atoms with Crippen LogP contribution in [0.25, 0.3) is 11.3 Å². The molecule has 1 aliphatic heterocycles. The minimum atomic E-state index is -0.414. The number of fused-ring (bicyclic) bond motifs is 3. The molecule has 2 aromatic rings. The van der Waals surface area contributed by atoms with Crippen LogP contribution < -0.4 is 4.74 Å². The van der Waals surface area contributed by atoms with Gasteiger partial charge in [-0.05, 0) is 32.0 Å². The molecule has 0 saturated heterocycles. The van der Waals surface area contributed by atoms with Crippen LogP contribution in [0.5, 0.6) is 5.75 Å². The fourth-order valence-electron chi connectivity index (χ4n) is 2.60. The highest BCUT2D eigenvalue weighted by Crippen LogP contribution is 2.45. The molecule has 0 unspecified atom stereocenters. The Kier molecular flexibility index (Phi) is 2.14. The summed E-state index contributed by atoms with van der Waals surface area (Å²) < 4.78 is 7.97. The first-order valence-corrected chi connectivity index (χ1v) is 5.98. The summed E-state index contributed by atoms with van der Waals surface area (Å²) in [6.45, 7) is 4.05. The molecule has 0 spiro atoms. The fourth-order valence-corrected chi connectivity index (χ4v) is 2.60. The van der Waals surface area contributed by atoms with Crippen molar-refractivity contribution in [2.45, 2.75) is 19.4 Å². The second-order valence-electron chi connectivity index (χ2n) is 5.12. The van der Waals surface area contributed by atoms with Gasteiger partial charge in [0.25, 0.3) is 0 Å². The van der Waals surface area contributed by atoms with Crippen molar-refractivity contribution in [2.75, 3.05) is 0 Å². The van der Waals surface area contributed by atoms with Crippen LogP contribution in [0.1, 0.15) is 29.9 Å². The van der Waals surface area contributed by atoms with E-state index in [1.807, 2.05) is 55.8 Å². The number of hydrogen-bond donors (Lipinski definition) is 0. The highest BCUT2D eigenvalue weighted by Gasteiger charge is 2.35. The van der Waals surface area contributed by atoms with E-state index in [0.717, 1.165) is 28.9 Å². The van der Waals surface area contributed by atoms with Gasteiger partial charge >= 0.3 is 0 Å². The summed E-state index contributed by atoms with van der Waals surface area (Å²) in [5, 5.41) is 0. The maximum atomic E-state index is 11.1. The lowest BCUT2D eigenvalue weighted by Gasteiger charge is -2.33. The molecule has 0 atom stereocenters. The van der Waals surface area contributed by atoms with Crippen molar-refractivity contribution in [3.05, 3.63) is 41.6 Å². The van der Waals surface area contributed by atoms with Gasteiger partial charge in [0.1, 0.15) is 11.4 Å². The summed E-state index contributed by atoms with van der Waals surface area (Å²) in [7, 11) is 1.92. The summed E-state index contributed by atoms with van der Waals surface area (Å²) >= 11 is 0. The normalized spacial score (nSPS) is 15.5. The van der Waals surface area contributed by atoms with Gasteiger partial charge in [0.2, 0.25) is 0 Å². The van der Waals surface area contributed by atoms with Crippen molar-refractivity contribution in [1.82, 2.24) is 4.57 Å². The van der Waals surface area contributed by atoms with Crippen molar-refractivity contribution in [3.63, 3.8) is 0 Å². The molecule has 0 aliphatic carbocycles. The Balaban J connectivity index is 2.38. The average Bonchev–Trinajstić information content (AvgIpc) is 2.67. The van der Waals surface area contributed by atoms with Crippen LogP contribution in [0.15, 0.2) is 30.3 Å². The quantitative estimate of drug-likeness (QED) is 0.718. The number of para-hydroxylation sites is 1. The first-order chi connectivity index (χ1) is 8.54. The zero-order valence-corrected chi connectivity index (χ0v) is 10.7. The number of aromatic nitrogens is 1. The summed E-state index contributed by atoms with van der Waals surface area (Å²) in [6, 6.07) is 9.85. The maximum Gasteiger partial charge on any atom is 0.166 e. The van der Waals surface area contributed by atoms with Gasteiger partial charge in [0.05, 0.1) is 11.4 Å². The second kappa shape index (κ2) is 3.48. The minimum absolute atomic E-state index is 0.414. The molecule has 0 saturated carbocycles. The standard InChI is InChI=1S/C15H15NO2/c1-15(2)12-8-10(9-17)16(3)14(12)11-6-4-5-7-13(11)18-15/h4-9H,1-3H3. The number of benzene rings is 1. The van der Waals surface area contributed by atoms with Crippen molar-refractivity contribution < 1.29 is 9.53 Å². The Bertz CT molecular complexity index is 638. The van der Waals surface area contributed by atoms with E-state index < -0.39 is 5.60 Å². The number of rotatable bonds is 1. The molecule has 3 heteroatoms. The van der Waals surface area contributed by atoms with E-state index in [1.165, 1.54) is 0 Å². The monoisotopic (exact) mass is 241 g/mol. The zero-order chi connectivity index (χ0) is 12.9. The molecule has 3 rings (SSSR count). The largest absolute Gasteiger partial charge is 0.482 e. The van der Waals surface area contributed by atoms with Crippen molar-refractivity contribution in [1.29, 1.82) is 0 Å². The maximum absolute atomic E-state index is 11.1. The van der Waals surface area contributed by atoms with E-state index in [1.54, 1.807) is 0 Å². The molecular formula is C15H15NO2. The van der Waals surface area contributed by atoms with Gasteiger partial charge in [-0.15, -0.1) is 0 Å². The summed E-state index contributed by atoms with van der Waals surface area (Å²) in [4.78, 5) is 11.1. The van der Waals surface area contributed by atoms with Crippen molar-refractivity contribution in [3.8, 4) is 17.0 Å². The number of hydrogen-bond acceptors (Lipinski definition) is 2. The van der Waals surface area contributed by atoms with E-state index in [-0.39, 0.29) is 0 Å². The molecule has 0 bridgehead atoms. The Morgan fingerprint density at radius 3 is 2.72 bits per heavy atom. The molecule has 1 aliphatic rings. The number of nitrogens with zero attached hydrogens (tertiary/aromatic N) is 1. The topological polar surface area (TPSA) is 31.2 Å². The Morgan fingerprint density at radius 1 is 1.28 bits per heavy atom. The molecule has 0 N–H and O–H groups in total. The first kappa shape index (κ1) is 11.1. The van der Waals surface area contributed by atoms with Crippen LogP contribution in [0, 0.1) is 0 Å². The third-order valence-corrected chi connectivity index (χ3v) is 3.55. The Labute approximate surface area is 106 Å². The lowest BCUT2D eigenvalue weighted by Crippen LogP contribution is -2.29. The van der Waals surface area contributed by atoms with Crippen LogP contribution in [0.3, 0.4) is 0 Å². The van der Waals surface area contributed by atoms with Crippen LogP contribution in [-0.4, -0.2) is 10.9 Å². The minimum Gasteiger partial charge on any atom is -0.482 e. The Hall–Kier alpha value is -2.03. The van der Waals surface area contributed by atoms with Gasteiger partial charge in [0, 0.05) is 18.2 Å². The smallest absolute Gasteiger partial charge is 0.166 e. The van der Waals surface area contributed by atoms with Gasteiger partial charge in [-0.1, -0.05) is 12.1 Å². The molecule has 92 valence electrons. The first-order valence-electron chi connectivity index (χ1n) is 5.98. The molecule has 0 fully saturated rings. The number of carbonyl (C=O) groups excluding carboxylic acids is 1. The van der Waals surface area contributed by atoms with Crippen LogP contribution in [-0.2, 0) is 12.6 Å². The number of ether oxygens (including phenoxy) is 1. The van der Waals surface area contributed by atoms with Crippen molar-refractivity contribution in [2.24, 2.45) is 7.05 Å². The van der Waals surface area contributed by atoms with Crippen LogP contribution in [0.2, 0.25) is 0 Å².